The molecule has 0 amide bonds. The van der Waals surface area contributed by atoms with Crippen molar-refractivity contribution in [3.63, 3.8) is 0 Å². The van der Waals surface area contributed by atoms with Crippen LogP contribution in [0.2, 0.25) is 0 Å². The lowest BCUT2D eigenvalue weighted by molar-refractivity contribution is -0.151. The van der Waals surface area contributed by atoms with Gasteiger partial charge in [-0.05, 0) is 56.3 Å². The number of hydrogen-bond acceptors (Lipinski definition) is 5. The van der Waals surface area contributed by atoms with E-state index in [0.717, 1.165) is 24.1 Å². The van der Waals surface area contributed by atoms with Crippen LogP contribution in [0.25, 0.3) is 0 Å². The van der Waals surface area contributed by atoms with Crippen LogP contribution in [0.4, 0.5) is 33.3 Å². The number of carbonyl (C=O) groups is 1. The minimum Gasteiger partial charge on any atom is -0.489 e. The first-order valence-corrected chi connectivity index (χ1v) is 9.88. The molecule has 5 nitrogen and oxygen atoms in total. The Kier molecular flexibility index (Phi) is 6.38. The Balaban J connectivity index is 2.11. The van der Waals surface area contributed by atoms with Crippen molar-refractivity contribution in [2.75, 3.05) is 31.6 Å². The third kappa shape index (κ3) is 5.21. The number of anilines is 2. The van der Waals surface area contributed by atoms with Gasteiger partial charge in [0.2, 0.25) is 5.67 Å². The van der Waals surface area contributed by atoms with Crippen LogP contribution in [0, 0.1) is 5.82 Å². The highest BCUT2D eigenvalue weighted by Crippen LogP contribution is 2.46. The summed E-state index contributed by atoms with van der Waals surface area (Å²) < 4.78 is 75.9. The van der Waals surface area contributed by atoms with E-state index in [1.54, 1.807) is 22.3 Å². The van der Waals surface area contributed by atoms with Crippen molar-refractivity contribution in [1.29, 1.82) is 0 Å². The molecule has 2 aromatic rings. The zero-order valence-corrected chi connectivity index (χ0v) is 17.4. The summed E-state index contributed by atoms with van der Waals surface area (Å²) in [6, 6.07) is 7.47. The van der Waals surface area contributed by atoms with Crippen LogP contribution in [0.3, 0.4) is 0 Å². The van der Waals surface area contributed by atoms with E-state index in [9.17, 15) is 26.7 Å². The minimum absolute atomic E-state index is 0.181. The number of likely N-dealkylation sites (N-methyl/N-ethyl adjacent to an activating group) is 1. The number of nitrogens with zero attached hydrogens (tertiary/aromatic N) is 2. The van der Waals surface area contributed by atoms with Crippen molar-refractivity contribution in [3.8, 4) is 5.75 Å². The zero-order valence-electron chi connectivity index (χ0n) is 16.5. The fourth-order valence-electron chi connectivity index (χ4n) is 2.94. The van der Waals surface area contributed by atoms with Crippen molar-refractivity contribution < 1.29 is 36.6 Å². The Morgan fingerprint density at radius 1 is 1.19 bits per heavy atom. The summed E-state index contributed by atoms with van der Waals surface area (Å²) in [5, 5.41) is 8.87. The van der Waals surface area contributed by atoms with Crippen LogP contribution in [0.1, 0.15) is 12.5 Å². The highest BCUT2D eigenvalue weighted by Gasteiger charge is 2.39. The maximum atomic E-state index is 14.1. The average molecular weight is 462 g/mol. The standard InChI is InChI=1S/C20H19F5N2O3S/c1-19(22,18(28)29)11-30-16-10-17-15(9-14(16)20(23,24)25)27(7-6-26(2)31-17)13-5-3-4-12(21)8-13/h3-5,8-10H,6-7,11H2,1-2H3,(H,28,29). The predicted molar refractivity (Wildman–Crippen MR) is 106 cm³/mol. The fraction of sp³-hybridized carbons (Fsp3) is 0.350. The number of benzene rings is 2. The van der Waals surface area contributed by atoms with E-state index in [2.05, 4.69) is 0 Å². The van der Waals surface area contributed by atoms with Crippen LogP contribution in [-0.2, 0) is 11.0 Å². The molecule has 0 radical (unpaired) electrons. The van der Waals surface area contributed by atoms with Gasteiger partial charge in [-0.25, -0.2) is 17.9 Å². The molecule has 0 aliphatic carbocycles. The first-order chi connectivity index (χ1) is 14.4. The number of halogens is 5. The van der Waals surface area contributed by atoms with Gasteiger partial charge in [-0.2, -0.15) is 13.2 Å². The second-order valence-electron chi connectivity index (χ2n) is 7.18. The topological polar surface area (TPSA) is 53.0 Å². The molecule has 3 rings (SSSR count). The number of hydrogen-bond donors (Lipinski definition) is 1. The van der Waals surface area contributed by atoms with Crippen molar-refractivity contribution in [1.82, 2.24) is 4.31 Å². The van der Waals surface area contributed by atoms with Gasteiger partial charge in [0.05, 0.1) is 16.1 Å². The Labute approximate surface area is 179 Å². The zero-order chi connectivity index (χ0) is 23.0. The van der Waals surface area contributed by atoms with Crippen molar-refractivity contribution in [2.45, 2.75) is 23.7 Å². The Bertz CT molecular complexity index is 984. The summed E-state index contributed by atoms with van der Waals surface area (Å²) in [5.74, 6) is -3.06. The largest absolute Gasteiger partial charge is 0.489 e. The summed E-state index contributed by atoms with van der Waals surface area (Å²) in [5.41, 5.74) is -3.49. The molecule has 2 aromatic carbocycles. The van der Waals surface area contributed by atoms with Crippen LogP contribution < -0.4 is 9.64 Å². The van der Waals surface area contributed by atoms with Crippen molar-refractivity contribution in [2.24, 2.45) is 0 Å². The fourth-order valence-corrected chi connectivity index (χ4v) is 3.87. The molecule has 1 unspecified atom stereocenters. The molecule has 0 saturated carbocycles. The number of alkyl halides is 4. The van der Waals surface area contributed by atoms with Gasteiger partial charge >= 0.3 is 12.1 Å². The van der Waals surface area contributed by atoms with E-state index in [4.69, 9.17) is 9.84 Å². The van der Waals surface area contributed by atoms with E-state index >= 15 is 0 Å². The first kappa shape index (κ1) is 23.1. The lowest BCUT2D eigenvalue weighted by Crippen LogP contribution is -2.36. The molecule has 168 valence electrons. The van der Waals surface area contributed by atoms with Crippen LogP contribution in [0.15, 0.2) is 41.3 Å². The molecule has 0 bridgehead atoms. The van der Waals surface area contributed by atoms with Crippen molar-refractivity contribution >= 4 is 29.3 Å². The molecule has 1 heterocycles. The molecule has 1 N–H and O–H groups in total. The summed E-state index contributed by atoms with van der Waals surface area (Å²) in [6.07, 6.45) is -4.85. The second-order valence-corrected chi connectivity index (χ2v) is 8.43. The number of rotatable bonds is 5. The van der Waals surface area contributed by atoms with Crippen molar-refractivity contribution in [3.05, 3.63) is 47.8 Å². The highest BCUT2D eigenvalue weighted by molar-refractivity contribution is 7.97. The van der Waals surface area contributed by atoms with Gasteiger partial charge in [-0.15, -0.1) is 0 Å². The molecule has 1 aliphatic heterocycles. The molecule has 1 aliphatic rings. The van der Waals surface area contributed by atoms with E-state index in [0.29, 0.717) is 30.6 Å². The van der Waals surface area contributed by atoms with Crippen LogP contribution in [-0.4, -0.2) is 47.8 Å². The SMILES string of the molecule is CN1CCN(c2cccc(F)c2)c2cc(C(F)(F)F)c(OCC(C)(F)C(=O)O)cc2S1. The molecule has 0 spiro atoms. The lowest BCUT2D eigenvalue weighted by Gasteiger charge is -2.26. The number of ether oxygens (including phenoxy) is 1. The summed E-state index contributed by atoms with van der Waals surface area (Å²) in [4.78, 5) is 12.9. The Morgan fingerprint density at radius 2 is 1.90 bits per heavy atom. The maximum absolute atomic E-state index is 14.1. The molecule has 11 heteroatoms. The monoisotopic (exact) mass is 462 g/mol. The maximum Gasteiger partial charge on any atom is 0.420 e. The van der Waals surface area contributed by atoms with Gasteiger partial charge in [0.15, 0.2) is 0 Å². The highest BCUT2D eigenvalue weighted by atomic mass is 32.2. The summed E-state index contributed by atoms with van der Waals surface area (Å²) >= 11 is 1.15. The first-order valence-electron chi connectivity index (χ1n) is 9.11. The van der Waals surface area contributed by atoms with Gasteiger partial charge in [-0.1, -0.05) is 6.07 Å². The van der Waals surface area contributed by atoms with Gasteiger partial charge in [-0.3, -0.25) is 0 Å². The second kappa shape index (κ2) is 8.54. The Morgan fingerprint density at radius 3 is 2.52 bits per heavy atom. The van der Waals surface area contributed by atoms with Crippen LogP contribution in [0.5, 0.6) is 5.75 Å². The van der Waals surface area contributed by atoms with E-state index in [-0.39, 0.29) is 5.69 Å². The van der Waals surface area contributed by atoms with E-state index in [1.165, 1.54) is 18.2 Å². The number of carboxylic acids is 1. The third-order valence-electron chi connectivity index (χ3n) is 4.61. The summed E-state index contributed by atoms with van der Waals surface area (Å²) in [7, 11) is 1.74. The number of aliphatic carboxylic acids is 1. The number of carboxylic acid groups (broad SMARTS) is 1. The molecule has 0 fully saturated rings. The van der Waals surface area contributed by atoms with Gasteiger partial charge in [0.25, 0.3) is 0 Å². The molecule has 31 heavy (non-hydrogen) atoms. The molecular weight excluding hydrogens is 443 g/mol. The quantitative estimate of drug-likeness (QED) is 0.492. The molecular formula is C20H19F5N2O3S. The summed E-state index contributed by atoms with van der Waals surface area (Å²) in [6.45, 7) is 0.354. The van der Waals surface area contributed by atoms with E-state index in [1.807, 2.05) is 0 Å². The van der Waals surface area contributed by atoms with Crippen LogP contribution >= 0.6 is 11.9 Å². The van der Waals surface area contributed by atoms with Gasteiger partial charge in [0.1, 0.15) is 18.2 Å². The third-order valence-corrected chi connectivity index (χ3v) is 5.63. The smallest absolute Gasteiger partial charge is 0.420 e. The average Bonchev–Trinajstić information content (AvgIpc) is 2.82. The predicted octanol–water partition coefficient (Wildman–Crippen LogP) is 5.13. The lowest BCUT2D eigenvalue weighted by atomic mass is 10.1. The normalized spacial score (nSPS) is 16.9. The molecule has 1 atom stereocenters. The van der Waals surface area contributed by atoms with Gasteiger partial charge < -0.3 is 14.7 Å². The Hall–Kier alpha value is -2.53. The van der Waals surface area contributed by atoms with Gasteiger partial charge in [0, 0.05) is 18.8 Å². The number of fused-ring (bicyclic) bond motifs is 1. The minimum atomic E-state index is -4.85. The van der Waals surface area contributed by atoms with E-state index < -0.39 is 41.6 Å². The molecule has 0 aromatic heterocycles. The molecule has 0 saturated heterocycles.